The molecule has 148 valence electrons. The van der Waals surface area contributed by atoms with Crippen LogP contribution in [0.4, 0.5) is 0 Å². The molecule has 1 aliphatic rings. The number of hydrogen-bond acceptors (Lipinski definition) is 3. The molecule has 0 radical (unpaired) electrons. The van der Waals surface area contributed by atoms with Crippen LogP contribution < -0.4 is 10.6 Å². The lowest BCUT2D eigenvalue weighted by Gasteiger charge is -2.35. The fourth-order valence-electron chi connectivity index (χ4n) is 3.45. The molecule has 0 bridgehead atoms. The summed E-state index contributed by atoms with van der Waals surface area (Å²) in [5.74, 6) is 0.870. The van der Waals surface area contributed by atoms with Gasteiger partial charge in [-0.2, -0.15) is 0 Å². The Kier molecular flexibility index (Phi) is 11.2. The van der Waals surface area contributed by atoms with E-state index in [1.165, 1.54) is 11.1 Å². The van der Waals surface area contributed by atoms with Gasteiger partial charge in [-0.15, -0.1) is 24.0 Å². The van der Waals surface area contributed by atoms with E-state index in [4.69, 9.17) is 4.74 Å². The maximum atomic E-state index is 5.78. The minimum atomic E-state index is 0. The van der Waals surface area contributed by atoms with Crippen molar-refractivity contribution in [2.45, 2.75) is 52.4 Å². The molecule has 1 heterocycles. The highest BCUT2D eigenvalue weighted by Gasteiger charge is 2.21. The van der Waals surface area contributed by atoms with Gasteiger partial charge in [0.1, 0.15) is 0 Å². The molecule has 2 unspecified atom stereocenters. The summed E-state index contributed by atoms with van der Waals surface area (Å²) < 4.78 is 5.78. The quantitative estimate of drug-likeness (QED) is 0.276. The van der Waals surface area contributed by atoms with E-state index in [1.54, 1.807) is 0 Å². The standard InChI is InChI=1S/C20H34N4O.HI/c1-5-18-9-6-7-10-19(18)13-23-20(21-4)22-11-8-12-24-14-16(2)25-17(3)15-24;/h6-7,9-10,16-17H,5,8,11-15H2,1-4H3,(H2,21,22,23);1H. The molecule has 2 rings (SSSR count). The van der Waals surface area contributed by atoms with Gasteiger partial charge in [0, 0.05) is 39.8 Å². The summed E-state index contributed by atoms with van der Waals surface area (Å²) in [6.45, 7) is 11.4. The van der Waals surface area contributed by atoms with Gasteiger partial charge in [-0.05, 0) is 37.8 Å². The van der Waals surface area contributed by atoms with Crippen LogP contribution in [0.2, 0.25) is 0 Å². The number of halogens is 1. The zero-order chi connectivity index (χ0) is 18.1. The largest absolute Gasteiger partial charge is 0.373 e. The molecule has 6 heteroatoms. The number of benzene rings is 1. The second-order valence-electron chi connectivity index (χ2n) is 6.85. The highest BCUT2D eigenvalue weighted by molar-refractivity contribution is 14.0. The second kappa shape index (κ2) is 12.5. The third kappa shape index (κ3) is 7.80. The summed E-state index contributed by atoms with van der Waals surface area (Å²) in [4.78, 5) is 6.82. The average molecular weight is 474 g/mol. The molecule has 1 aliphatic heterocycles. The predicted molar refractivity (Wildman–Crippen MR) is 121 cm³/mol. The highest BCUT2D eigenvalue weighted by Crippen LogP contribution is 2.10. The molecule has 0 aliphatic carbocycles. The Bertz CT molecular complexity index is 542. The van der Waals surface area contributed by atoms with Gasteiger partial charge >= 0.3 is 0 Å². The Morgan fingerprint density at radius 3 is 2.42 bits per heavy atom. The van der Waals surface area contributed by atoms with Crippen molar-refractivity contribution in [3.8, 4) is 0 Å². The van der Waals surface area contributed by atoms with Crippen molar-refractivity contribution in [2.24, 2.45) is 4.99 Å². The first kappa shape index (κ1) is 23.2. The third-order valence-corrected chi connectivity index (χ3v) is 4.61. The number of morpholine rings is 1. The van der Waals surface area contributed by atoms with Crippen molar-refractivity contribution in [3.05, 3.63) is 35.4 Å². The first-order valence-electron chi connectivity index (χ1n) is 9.51. The molecule has 0 aromatic heterocycles. The number of ether oxygens (including phenoxy) is 1. The zero-order valence-corrected chi connectivity index (χ0v) is 19.0. The molecule has 1 saturated heterocycles. The summed E-state index contributed by atoms with van der Waals surface area (Å²) in [6.07, 6.45) is 2.83. The molecule has 2 atom stereocenters. The molecule has 0 amide bonds. The lowest BCUT2D eigenvalue weighted by Crippen LogP contribution is -2.46. The average Bonchev–Trinajstić information content (AvgIpc) is 2.60. The molecule has 0 saturated carbocycles. The summed E-state index contributed by atoms with van der Waals surface area (Å²) in [6, 6.07) is 8.57. The Morgan fingerprint density at radius 1 is 1.15 bits per heavy atom. The predicted octanol–water partition coefficient (Wildman–Crippen LogP) is 3.03. The van der Waals surface area contributed by atoms with Crippen LogP contribution in [0.5, 0.6) is 0 Å². The Hall–Kier alpha value is -0.860. The number of nitrogens with zero attached hydrogens (tertiary/aromatic N) is 2. The van der Waals surface area contributed by atoms with Gasteiger partial charge < -0.3 is 15.4 Å². The van der Waals surface area contributed by atoms with Crippen molar-refractivity contribution in [2.75, 3.05) is 33.2 Å². The normalized spacial score (nSPS) is 21.2. The molecule has 26 heavy (non-hydrogen) atoms. The van der Waals surface area contributed by atoms with Crippen molar-refractivity contribution >= 4 is 29.9 Å². The van der Waals surface area contributed by atoms with Crippen LogP contribution in [0.1, 0.15) is 38.3 Å². The van der Waals surface area contributed by atoms with E-state index in [-0.39, 0.29) is 24.0 Å². The minimum Gasteiger partial charge on any atom is -0.373 e. The van der Waals surface area contributed by atoms with Gasteiger partial charge in [-0.25, -0.2) is 0 Å². The van der Waals surface area contributed by atoms with Crippen molar-refractivity contribution < 1.29 is 4.74 Å². The van der Waals surface area contributed by atoms with Gasteiger partial charge in [-0.3, -0.25) is 9.89 Å². The fourth-order valence-corrected chi connectivity index (χ4v) is 3.45. The van der Waals surface area contributed by atoms with Crippen LogP contribution in [0.3, 0.4) is 0 Å². The van der Waals surface area contributed by atoms with Crippen LogP contribution in [0, 0.1) is 0 Å². The maximum absolute atomic E-state index is 5.78. The number of hydrogen-bond donors (Lipinski definition) is 2. The van der Waals surface area contributed by atoms with Crippen LogP contribution >= 0.6 is 24.0 Å². The van der Waals surface area contributed by atoms with Gasteiger partial charge in [0.25, 0.3) is 0 Å². The smallest absolute Gasteiger partial charge is 0.191 e. The first-order chi connectivity index (χ1) is 12.1. The molecule has 5 nitrogen and oxygen atoms in total. The fraction of sp³-hybridized carbons (Fsp3) is 0.650. The van der Waals surface area contributed by atoms with Crippen LogP contribution in [-0.4, -0.2) is 56.3 Å². The number of aliphatic imine (C=N–C) groups is 1. The van der Waals surface area contributed by atoms with Crippen molar-refractivity contribution in [1.29, 1.82) is 0 Å². The number of guanidine groups is 1. The van der Waals surface area contributed by atoms with E-state index in [2.05, 4.69) is 65.6 Å². The van der Waals surface area contributed by atoms with E-state index in [0.717, 1.165) is 51.5 Å². The zero-order valence-electron chi connectivity index (χ0n) is 16.6. The second-order valence-corrected chi connectivity index (χ2v) is 6.85. The summed E-state index contributed by atoms with van der Waals surface area (Å²) >= 11 is 0. The third-order valence-electron chi connectivity index (χ3n) is 4.61. The van der Waals surface area contributed by atoms with Crippen molar-refractivity contribution in [3.63, 3.8) is 0 Å². The molecule has 1 aromatic carbocycles. The molecule has 1 aromatic rings. The van der Waals surface area contributed by atoms with Gasteiger partial charge in [0.2, 0.25) is 0 Å². The van der Waals surface area contributed by atoms with E-state index < -0.39 is 0 Å². The van der Waals surface area contributed by atoms with Crippen LogP contribution in [0.25, 0.3) is 0 Å². The number of rotatable bonds is 7. The Balaban J connectivity index is 0.00000338. The van der Waals surface area contributed by atoms with E-state index >= 15 is 0 Å². The Labute approximate surface area is 176 Å². The van der Waals surface area contributed by atoms with E-state index in [9.17, 15) is 0 Å². The minimum absolute atomic E-state index is 0. The lowest BCUT2D eigenvalue weighted by molar-refractivity contribution is -0.0679. The summed E-state index contributed by atoms with van der Waals surface area (Å²) in [5, 5.41) is 6.84. The maximum Gasteiger partial charge on any atom is 0.191 e. The molecule has 1 fully saturated rings. The highest BCUT2D eigenvalue weighted by atomic mass is 127. The van der Waals surface area contributed by atoms with Crippen LogP contribution in [0.15, 0.2) is 29.3 Å². The van der Waals surface area contributed by atoms with Gasteiger partial charge in [0.05, 0.1) is 12.2 Å². The van der Waals surface area contributed by atoms with Crippen molar-refractivity contribution in [1.82, 2.24) is 15.5 Å². The SMILES string of the molecule is CCc1ccccc1CNC(=NC)NCCCN1CC(C)OC(C)C1.I. The monoisotopic (exact) mass is 474 g/mol. The first-order valence-corrected chi connectivity index (χ1v) is 9.51. The van der Waals surface area contributed by atoms with E-state index in [0.29, 0.717) is 12.2 Å². The molecular weight excluding hydrogens is 439 g/mol. The molecule has 2 N–H and O–H groups in total. The summed E-state index contributed by atoms with van der Waals surface area (Å²) in [5.41, 5.74) is 2.73. The van der Waals surface area contributed by atoms with Gasteiger partial charge in [-0.1, -0.05) is 31.2 Å². The molecule has 0 spiro atoms. The van der Waals surface area contributed by atoms with Gasteiger partial charge in [0.15, 0.2) is 5.96 Å². The topological polar surface area (TPSA) is 48.9 Å². The Morgan fingerprint density at radius 2 is 1.81 bits per heavy atom. The summed E-state index contributed by atoms with van der Waals surface area (Å²) in [7, 11) is 1.83. The van der Waals surface area contributed by atoms with Crippen LogP contribution in [-0.2, 0) is 17.7 Å². The molecular formula is C20H35IN4O. The number of aryl methyl sites for hydroxylation is 1. The van der Waals surface area contributed by atoms with E-state index in [1.807, 2.05) is 7.05 Å². The lowest BCUT2D eigenvalue weighted by atomic mass is 10.1. The number of nitrogens with one attached hydrogen (secondary N) is 2.